The summed E-state index contributed by atoms with van der Waals surface area (Å²) in [4.78, 5) is 25.0. The summed E-state index contributed by atoms with van der Waals surface area (Å²) in [6.07, 6.45) is 0. The van der Waals surface area contributed by atoms with Crippen LogP contribution in [0.4, 0.5) is 11.4 Å². The number of hydrogen-bond acceptors (Lipinski definition) is 8. The molecule has 0 aliphatic carbocycles. The van der Waals surface area contributed by atoms with Gasteiger partial charge in [0.1, 0.15) is 12.3 Å². The highest BCUT2D eigenvalue weighted by Gasteiger charge is 2.31. The van der Waals surface area contributed by atoms with Crippen LogP contribution >= 0.6 is 23.2 Å². The Morgan fingerprint density at radius 2 is 1.54 bits per heavy atom. The lowest BCUT2D eigenvalue weighted by atomic mass is 10.2. The summed E-state index contributed by atoms with van der Waals surface area (Å²) >= 11 is 12.5. The summed E-state index contributed by atoms with van der Waals surface area (Å²) < 4.78 is 49.4. The molecule has 0 atom stereocenters. The maximum absolute atomic E-state index is 13.9. The molecule has 0 radical (unpaired) electrons. The molecular weight excluding hydrogens is 571 g/mol. The lowest BCUT2D eigenvalue weighted by Gasteiger charge is -2.26. The zero-order valence-electron chi connectivity index (χ0n) is 21.5. The van der Waals surface area contributed by atoms with E-state index < -0.39 is 28.4 Å². The van der Waals surface area contributed by atoms with Crippen molar-refractivity contribution < 1.29 is 37.0 Å². The van der Waals surface area contributed by atoms with E-state index in [1.54, 1.807) is 6.92 Å². The Labute approximate surface area is 236 Å². The van der Waals surface area contributed by atoms with Gasteiger partial charge in [-0.3, -0.25) is 9.10 Å². The van der Waals surface area contributed by atoms with Gasteiger partial charge < -0.3 is 24.3 Å². The molecular formula is C26H26Cl2N2O8S. The molecule has 1 amide bonds. The highest BCUT2D eigenvalue weighted by molar-refractivity contribution is 7.92. The first-order valence-electron chi connectivity index (χ1n) is 11.4. The quantitative estimate of drug-likeness (QED) is 0.306. The second-order valence-electron chi connectivity index (χ2n) is 7.81. The lowest BCUT2D eigenvalue weighted by Crippen LogP contribution is -2.38. The fourth-order valence-corrected chi connectivity index (χ4v) is 5.37. The number of sulfonamides is 1. The van der Waals surface area contributed by atoms with Crippen LogP contribution in [0.3, 0.4) is 0 Å². The van der Waals surface area contributed by atoms with Crippen molar-refractivity contribution in [2.75, 3.05) is 44.1 Å². The Morgan fingerprint density at radius 1 is 0.872 bits per heavy atom. The van der Waals surface area contributed by atoms with Crippen molar-refractivity contribution in [2.45, 2.75) is 11.8 Å². The molecule has 1 N–H and O–H groups in total. The minimum Gasteiger partial charge on any atom is -0.495 e. The summed E-state index contributed by atoms with van der Waals surface area (Å²) in [5.74, 6) is -0.644. The van der Waals surface area contributed by atoms with Crippen LogP contribution in [0, 0.1) is 0 Å². The van der Waals surface area contributed by atoms with E-state index in [4.69, 9.17) is 42.1 Å². The zero-order valence-corrected chi connectivity index (χ0v) is 23.8. The predicted molar refractivity (Wildman–Crippen MR) is 148 cm³/mol. The molecule has 0 aliphatic rings. The number of esters is 1. The summed E-state index contributed by atoms with van der Waals surface area (Å²) in [5, 5.41) is 2.86. The molecule has 0 saturated heterocycles. The second-order valence-corrected chi connectivity index (χ2v) is 10.5. The minimum absolute atomic E-state index is 0.0266. The number of halogens is 2. The van der Waals surface area contributed by atoms with E-state index in [0.29, 0.717) is 5.75 Å². The Bertz CT molecular complexity index is 1480. The molecule has 208 valence electrons. The number of ether oxygens (including phenoxy) is 4. The molecule has 0 saturated carbocycles. The molecule has 0 heterocycles. The molecule has 0 bridgehead atoms. The standard InChI is InChI=1S/C26H26Cl2N2O8S/c1-5-38-26(32)16-6-9-20(19(28)12-16)29-25(31)15-30(21-13-17(27)7-10-22(21)35-2)39(33,34)18-8-11-23(36-3)24(14-18)37-4/h6-14H,5,15H2,1-4H3,(H,29,31). The maximum atomic E-state index is 13.9. The van der Waals surface area contributed by atoms with Crippen LogP contribution in [-0.4, -0.2) is 54.8 Å². The van der Waals surface area contributed by atoms with E-state index in [1.165, 1.54) is 75.9 Å². The maximum Gasteiger partial charge on any atom is 0.338 e. The number of benzene rings is 3. The Morgan fingerprint density at radius 3 is 2.15 bits per heavy atom. The van der Waals surface area contributed by atoms with Crippen LogP contribution in [0.25, 0.3) is 0 Å². The van der Waals surface area contributed by atoms with Crippen LogP contribution < -0.4 is 23.8 Å². The fraction of sp³-hybridized carbons (Fsp3) is 0.231. The Balaban J connectivity index is 2.02. The number of carbonyl (C=O) groups excluding carboxylic acids is 2. The van der Waals surface area contributed by atoms with E-state index >= 15 is 0 Å². The third-order valence-electron chi connectivity index (χ3n) is 5.39. The number of amides is 1. The van der Waals surface area contributed by atoms with Crippen LogP contribution in [0.5, 0.6) is 17.2 Å². The van der Waals surface area contributed by atoms with Crippen molar-refractivity contribution in [3.05, 3.63) is 70.2 Å². The Kier molecular flexibility index (Phi) is 9.90. The molecule has 0 fully saturated rings. The summed E-state index contributed by atoms with van der Waals surface area (Å²) in [6, 6.07) is 12.6. The van der Waals surface area contributed by atoms with Gasteiger partial charge in [0, 0.05) is 11.1 Å². The van der Waals surface area contributed by atoms with Gasteiger partial charge in [0.05, 0.1) is 54.8 Å². The van der Waals surface area contributed by atoms with Crippen LogP contribution in [0.1, 0.15) is 17.3 Å². The summed E-state index contributed by atoms with van der Waals surface area (Å²) in [7, 11) is -0.227. The minimum atomic E-state index is -4.38. The molecule has 0 unspecified atom stereocenters. The second kappa shape index (κ2) is 12.9. The van der Waals surface area contributed by atoms with Crippen molar-refractivity contribution in [2.24, 2.45) is 0 Å². The fourth-order valence-electron chi connectivity index (χ4n) is 3.54. The first kappa shape index (κ1) is 29.9. The molecule has 3 aromatic rings. The molecule has 0 aliphatic heterocycles. The van der Waals surface area contributed by atoms with Gasteiger partial charge in [-0.25, -0.2) is 13.2 Å². The van der Waals surface area contributed by atoms with Crippen molar-refractivity contribution in [1.29, 1.82) is 0 Å². The molecule has 3 rings (SSSR count). The van der Waals surface area contributed by atoms with Crippen molar-refractivity contribution in [3.8, 4) is 17.2 Å². The van der Waals surface area contributed by atoms with E-state index in [1.807, 2.05) is 0 Å². The van der Waals surface area contributed by atoms with Crippen LogP contribution in [-0.2, 0) is 19.6 Å². The normalized spacial score (nSPS) is 10.9. The van der Waals surface area contributed by atoms with Crippen LogP contribution in [0.15, 0.2) is 59.5 Å². The number of carbonyl (C=O) groups is 2. The smallest absolute Gasteiger partial charge is 0.338 e. The van der Waals surface area contributed by atoms with Gasteiger partial charge in [-0.1, -0.05) is 23.2 Å². The first-order chi connectivity index (χ1) is 18.5. The van der Waals surface area contributed by atoms with Gasteiger partial charge in [0.25, 0.3) is 10.0 Å². The predicted octanol–water partition coefficient (Wildman–Crippen LogP) is 5.03. The van der Waals surface area contributed by atoms with Crippen molar-refractivity contribution >= 4 is 56.5 Å². The van der Waals surface area contributed by atoms with E-state index in [0.717, 1.165) is 4.31 Å². The largest absolute Gasteiger partial charge is 0.495 e. The third kappa shape index (κ3) is 6.86. The molecule has 0 spiro atoms. The van der Waals surface area contributed by atoms with Gasteiger partial charge in [0.15, 0.2) is 11.5 Å². The van der Waals surface area contributed by atoms with E-state index in [-0.39, 0.29) is 50.0 Å². The van der Waals surface area contributed by atoms with Crippen molar-refractivity contribution in [3.63, 3.8) is 0 Å². The number of nitrogens with zero attached hydrogens (tertiary/aromatic N) is 1. The van der Waals surface area contributed by atoms with Gasteiger partial charge in [0.2, 0.25) is 5.91 Å². The molecule has 39 heavy (non-hydrogen) atoms. The van der Waals surface area contributed by atoms with Crippen molar-refractivity contribution in [1.82, 2.24) is 0 Å². The number of methoxy groups -OCH3 is 3. The lowest BCUT2D eigenvalue weighted by molar-refractivity contribution is -0.114. The average Bonchev–Trinajstić information content (AvgIpc) is 2.92. The highest BCUT2D eigenvalue weighted by atomic mass is 35.5. The number of hydrogen-bond donors (Lipinski definition) is 1. The monoisotopic (exact) mass is 596 g/mol. The van der Waals surface area contributed by atoms with E-state index in [9.17, 15) is 18.0 Å². The number of anilines is 2. The first-order valence-corrected chi connectivity index (χ1v) is 13.6. The Hall–Kier alpha value is -3.67. The number of nitrogens with one attached hydrogen (secondary N) is 1. The molecule has 3 aromatic carbocycles. The summed E-state index contributed by atoms with van der Waals surface area (Å²) in [6.45, 7) is 1.18. The third-order valence-corrected chi connectivity index (χ3v) is 7.70. The SMILES string of the molecule is CCOC(=O)c1ccc(NC(=O)CN(c2cc(Cl)ccc2OC)S(=O)(=O)c2ccc(OC)c(OC)c2)c(Cl)c1. The molecule has 0 aromatic heterocycles. The highest BCUT2D eigenvalue weighted by Crippen LogP contribution is 2.37. The molecule has 13 heteroatoms. The topological polar surface area (TPSA) is 120 Å². The average molecular weight is 597 g/mol. The van der Waals surface area contributed by atoms with Crippen LogP contribution in [0.2, 0.25) is 10.0 Å². The van der Waals surface area contributed by atoms with Gasteiger partial charge in [-0.2, -0.15) is 0 Å². The number of rotatable bonds is 11. The van der Waals surface area contributed by atoms with Gasteiger partial charge in [-0.15, -0.1) is 0 Å². The van der Waals surface area contributed by atoms with Gasteiger partial charge in [-0.05, 0) is 55.5 Å². The molecule has 10 nitrogen and oxygen atoms in total. The van der Waals surface area contributed by atoms with E-state index in [2.05, 4.69) is 5.32 Å². The summed E-state index contributed by atoms with van der Waals surface area (Å²) in [5.41, 5.74) is 0.385. The van der Waals surface area contributed by atoms with Gasteiger partial charge >= 0.3 is 5.97 Å². The zero-order chi connectivity index (χ0) is 28.7.